The highest BCUT2D eigenvalue weighted by Gasteiger charge is 2.58. The summed E-state index contributed by atoms with van der Waals surface area (Å²) in [5, 5.41) is 0. The van der Waals surface area contributed by atoms with Crippen LogP contribution in [0.15, 0.2) is 0 Å². The predicted octanol–water partition coefficient (Wildman–Crippen LogP) is 7.29. The summed E-state index contributed by atoms with van der Waals surface area (Å²) in [6.07, 6.45) is 7.35. The Morgan fingerprint density at radius 2 is 1.30 bits per heavy atom. The zero-order valence-electron chi connectivity index (χ0n) is 17.4. The van der Waals surface area contributed by atoms with Crippen LogP contribution in [0.1, 0.15) is 109 Å². The van der Waals surface area contributed by atoms with Crippen molar-refractivity contribution in [2.24, 2.45) is 34.5 Å². The van der Waals surface area contributed by atoms with Crippen molar-refractivity contribution in [3.05, 3.63) is 0 Å². The van der Waals surface area contributed by atoms with E-state index in [9.17, 15) is 9.59 Å². The Morgan fingerprint density at radius 3 is 1.67 bits per heavy atom. The molecule has 4 saturated carbocycles. The number of ether oxygens (including phenoxy) is 2. The van der Waals surface area contributed by atoms with E-state index in [0.29, 0.717) is 24.7 Å². The lowest BCUT2D eigenvalue weighted by Crippen LogP contribution is -2.59. The third kappa shape index (κ3) is 5.22. The molecule has 4 fully saturated rings. The smallest absolute Gasteiger partial charge is 0.312 e. The average molecular weight is 429 g/mol. The minimum atomic E-state index is -0.705. The molecule has 0 aromatic carbocycles. The first-order valence-corrected chi connectivity index (χ1v) is 10.4. The van der Waals surface area contributed by atoms with Crippen molar-refractivity contribution in [2.45, 2.75) is 115 Å². The molecule has 0 radical (unpaired) electrons. The van der Waals surface area contributed by atoms with Gasteiger partial charge in [-0.25, -0.2) is 0 Å². The van der Waals surface area contributed by atoms with E-state index in [4.69, 9.17) is 9.47 Å². The largest absolute Gasteiger partial charge is 0.469 e. The van der Waals surface area contributed by atoms with E-state index in [-0.39, 0.29) is 47.2 Å². The third-order valence-electron chi connectivity index (χ3n) is 7.92. The summed E-state index contributed by atoms with van der Waals surface area (Å²) < 4.78 is 11.3. The van der Waals surface area contributed by atoms with Crippen molar-refractivity contribution in [2.75, 3.05) is 7.11 Å². The molecule has 0 spiro atoms. The van der Waals surface area contributed by atoms with Gasteiger partial charge in [0.15, 0.2) is 0 Å². The molecule has 4 aliphatic carbocycles. The van der Waals surface area contributed by atoms with Crippen LogP contribution in [-0.4, -0.2) is 24.6 Å². The quantitative estimate of drug-likeness (QED) is 0.417. The summed E-state index contributed by atoms with van der Waals surface area (Å²) in [4.78, 5) is 25.4. The van der Waals surface area contributed by atoms with Gasteiger partial charge in [0.1, 0.15) is 5.60 Å². The van der Waals surface area contributed by atoms with Crippen molar-refractivity contribution in [3.63, 3.8) is 0 Å². The Labute approximate surface area is 187 Å². The van der Waals surface area contributed by atoms with Gasteiger partial charge < -0.3 is 9.47 Å². The number of esters is 2. The third-order valence-corrected chi connectivity index (χ3v) is 7.92. The Hall–Kier alpha value is -1.06. The van der Waals surface area contributed by atoms with Crippen molar-refractivity contribution in [3.8, 4) is 0 Å². The Kier molecular flexibility index (Phi) is 10.9. The summed E-state index contributed by atoms with van der Waals surface area (Å²) in [6.45, 7) is 9.84. The number of carbonyl (C=O) groups is 2. The summed E-state index contributed by atoms with van der Waals surface area (Å²) in [7, 11) is 1.40. The van der Waals surface area contributed by atoms with Gasteiger partial charge >= 0.3 is 11.9 Å². The van der Waals surface area contributed by atoms with E-state index in [2.05, 4.69) is 6.92 Å². The zero-order valence-corrected chi connectivity index (χ0v) is 17.4. The second kappa shape index (κ2) is 10.5. The van der Waals surface area contributed by atoms with Crippen LogP contribution >= 0.6 is 0 Å². The highest BCUT2D eigenvalue weighted by Crippen LogP contribution is 2.60. The summed E-state index contributed by atoms with van der Waals surface area (Å²) in [6, 6.07) is 0. The van der Waals surface area contributed by atoms with Gasteiger partial charge in [-0.3, -0.25) is 9.59 Å². The van der Waals surface area contributed by atoms with Crippen LogP contribution < -0.4 is 0 Å². The summed E-state index contributed by atoms with van der Waals surface area (Å²) in [5.74, 6) is 2.31. The van der Waals surface area contributed by atoms with Crippen molar-refractivity contribution >= 4 is 11.9 Å². The van der Waals surface area contributed by atoms with Crippen LogP contribution in [0.5, 0.6) is 0 Å². The van der Waals surface area contributed by atoms with E-state index in [1.54, 1.807) is 0 Å². The van der Waals surface area contributed by atoms with Crippen molar-refractivity contribution < 1.29 is 19.1 Å². The molecule has 0 aliphatic heterocycles. The molecule has 30 heavy (non-hydrogen) atoms. The molecule has 1 unspecified atom stereocenters. The van der Waals surface area contributed by atoms with E-state index >= 15 is 0 Å². The lowest BCUT2D eigenvalue weighted by molar-refractivity contribution is -0.213. The maximum absolute atomic E-state index is 13.3. The fraction of sp³-hybridized carbons (Fsp3) is 0.923. The topological polar surface area (TPSA) is 52.6 Å². The number of hydrogen-bond acceptors (Lipinski definition) is 4. The molecule has 180 valence electrons. The van der Waals surface area contributed by atoms with Crippen LogP contribution in [0.2, 0.25) is 0 Å². The molecule has 4 nitrogen and oxygen atoms in total. The molecule has 4 bridgehead atoms. The molecule has 0 amide bonds. The number of rotatable bonds is 6. The Bertz CT molecular complexity index is 552. The van der Waals surface area contributed by atoms with Gasteiger partial charge in [0.05, 0.1) is 17.9 Å². The zero-order chi connectivity index (χ0) is 19.3. The van der Waals surface area contributed by atoms with E-state index in [0.717, 1.165) is 11.8 Å². The van der Waals surface area contributed by atoms with Gasteiger partial charge in [-0.1, -0.05) is 36.6 Å². The first kappa shape index (κ1) is 31.1. The number of hydrogen-bond donors (Lipinski definition) is 0. The minimum absolute atomic E-state index is 0. The highest BCUT2D eigenvalue weighted by molar-refractivity contribution is 5.80. The fourth-order valence-electron chi connectivity index (χ4n) is 6.28. The summed E-state index contributed by atoms with van der Waals surface area (Å²) in [5.41, 5.74) is -1.70. The maximum Gasteiger partial charge on any atom is 0.312 e. The van der Waals surface area contributed by atoms with Crippen molar-refractivity contribution in [1.29, 1.82) is 0 Å². The average Bonchev–Trinajstić information content (AvgIpc) is 2.57. The van der Waals surface area contributed by atoms with E-state index < -0.39 is 10.8 Å². The van der Waals surface area contributed by atoms with Crippen LogP contribution in [-0.2, 0) is 19.1 Å². The van der Waals surface area contributed by atoms with Crippen LogP contribution in [0.4, 0.5) is 0 Å². The Balaban J connectivity index is 0. The Morgan fingerprint density at radius 1 is 0.867 bits per heavy atom. The molecule has 4 heteroatoms. The molecular weight excluding hydrogens is 376 g/mol. The molecule has 0 saturated heterocycles. The fourth-order valence-corrected chi connectivity index (χ4v) is 6.28. The molecule has 0 heterocycles. The van der Waals surface area contributed by atoms with E-state index in [1.165, 1.54) is 39.2 Å². The van der Waals surface area contributed by atoms with Crippen LogP contribution in [0.3, 0.4) is 0 Å². The predicted molar refractivity (Wildman–Crippen MR) is 127 cm³/mol. The first-order valence-electron chi connectivity index (χ1n) is 10.4. The highest BCUT2D eigenvalue weighted by atomic mass is 16.6. The van der Waals surface area contributed by atoms with Crippen LogP contribution in [0.25, 0.3) is 0 Å². The number of methoxy groups -OCH3 is 1. The molecule has 4 rings (SSSR count). The minimum Gasteiger partial charge on any atom is -0.469 e. The molecule has 0 aromatic heterocycles. The van der Waals surface area contributed by atoms with Crippen molar-refractivity contribution in [1.82, 2.24) is 0 Å². The lowest BCUT2D eigenvalue weighted by atomic mass is 9.50. The molecule has 0 aromatic rings. The first-order chi connectivity index (χ1) is 12.0. The molecule has 1 atom stereocenters. The van der Waals surface area contributed by atoms with Gasteiger partial charge in [0.25, 0.3) is 0 Å². The maximum atomic E-state index is 13.3. The monoisotopic (exact) mass is 428 g/mol. The van der Waals surface area contributed by atoms with Crippen LogP contribution in [0, 0.1) is 34.5 Å². The van der Waals surface area contributed by atoms with Gasteiger partial charge in [-0.05, 0) is 96.3 Å². The number of carbonyl (C=O) groups excluding carboxylic acids is 2. The normalized spacial score (nSPS) is 32.9. The van der Waals surface area contributed by atoms with Gasteiger partial charge in [0.2, 0.25) is 0 Å². The van der Waals surface area contributed by atoms with Gasteiger partial charge in [-0.15, -0.1) is 0 Å². The second-order valence-electron chi connectivity index (χ2n) is 10.3. The van der Waals surface area contributed by atoms with Gasteiger partial charge in [0, 0.05) is 0 Å². The standard InChI is InChI=1S/C22H36O4.4CH4/c1-7-21(4,13-20(2,3)18(23)25-6)19(24)26-22(5)16-9-14-8-15(11-16)12-17(22)10-14;;;;/h14-17H,7-13H2,1-6H3;4*1H4. The lowest BCUT2D eigenvalue weighted by Gasteiger charge is -2.59. The second-order valence-corrected chi connectivity index (χ2v) is 10.3. The molecule has 4 aliphatic rings. The molecule has 0 N–H and O–H groups in total. The SMILES string of the molecule is C.C.C.C.CCC(C)(CC(C)(C)C(=O)OC)C(=O)OC1(C)C2CC3CC(C2)CC1C3. The summed E-state index contributed by atoms with van der Waals surface area (Å²) >= 11 is 0. The molecular formula is C26H52O4. The van der Waals surface area contributed by atoms with Gasteiger partial charge in [-0.2, -0.15) is 0 Å². The van der Waals surface area contributed by atoms with E-state index in [1.807, 2.05) is 27.7 Å².